The zero-order valence-corrected chi connectivity index (χ0v) is 13.0. The van der Waals surface area contributed by atoms with Gasteiger partial charge >= 0.3 is 5.97 Å². The summed E-state index contributed by atoms with van der Waals surface area (Å²) in [5.74, 6) is -0.708. The molecule has 0 fully saturated rings. The average molecular weight is 301 g/mol. The van der Waals surface area contributed by atoms with E-state index in [1.54, 1.807) is 18.2 Å². The standard InChI is InChI=1S/C18H23NO3/c1-3-5-6-10-13-16(20)22-17(18(21)19-14-4-2)15-11-8-7-9-12-15/h3-5,7-9,11-12,17H,2,6,10,13-14H2,1H3,(H,19,21)/b5-3+. The summed E-state index contributed by atoms with van der Waals surface area (Å²) in [4.78, 5) is 24.1. The number of nitrogens with one attached hydrogen (secondary N) is 1. The van der Waals surface area contributed by atoms with E-state index in [1.807, 2.05) is 37.3 Å². The van der Waals surface area contributed by atoms with Crippen LogP contribution < -0.4 is 5.32 Å². The Morgan fingerprint density at radius 1 is 1.32 bits per heavy atom. The summed E-state index contributed by atoms with van der Waals surface area (Å²) >= 11 is 0. The molecule has 0 radical (unpaired) electrons. The summed E-state index contributed by atoms with van der Waals surface area (Å²) in [5, 5.41) is 2.67. The van der Waals surface area contributed by atoms with Gasteiger partial charge in [-0.1, -0.05) is 48.6 Å². The molecule has 0 aromatic heterocycles. The lowest BCUT2D eigenvalue weighted by molar-refractivity contribution is -0.156. The molecule has 4 heteroatoms. The molecule has 22 heavy (non-hydrogen) atoms. The fourth-order valence-electron chi connectivity index (χ4n) is 1.89. The van der Waals surface area contributed by atoms with Gasteiger partial charge in [0.05, 0.1) is 0 Å². The molecule has 1 rings (SSSR count). The second-order valence-electron chi connectivity index (χ2n) is 4.78. The molecule has 0 spiro atoms. The van der Waals surface area contributed by atoms with Crippen molar-refractivity contribution in [3.05, 3.63) is 60.7 Å². The summed E-state index contributed by atoms with van der Waals surface area (Å²) < 4.78 is 5.37. The number of rotatable bonds is 9. The van der Waals surface area contributed by atoms with Crippen molar-refractivity contribution in [2.24, 2.45) is 0 Å². The SMILES string of the molecule is C=CCNC(=O)C(OC(=O)CCC/C=C/C)c1ccccc1. The van der Waals surface area contributed by atoms with Gasteiger partial charge in [0.2, 0.25) is 6.10 Å². The molecule has 4 nitrogen and oxygen atoms in total. The zero-order valence-electron chi connectivity index (χ0n) is 13.0. The van der Waals surface area contributed by atoms with Crippen molar-refractivity contribution < 1.29 is 14.3 Å². The van der Waals surface area contributed by atoms with Gasteiger partial charge in [-0.15, -0.1) is 6.58 Å². The highest BCUT2D eigenvalue weighted by molar-refractivity contribution is 5.85. The number of allylic oxidation sites excluding steroid dienone is 2. The van der Waals surface area contributed by atoms with Gasteiger partial charge in [-0.05, 0) is 19.8 Å². The molecule has 1 amide bonds. The summed E-state index contributed by atoms with van der Waals surface area (Å²) in [7, 11) is 0. The maximum Gasteiger partial charge on any atom is 0.306 e. The third-order valence-corrected chi connectivity index (χ3v) is 3.00. The van der Waals surface area contributed by atoms with E-state index in [0.29, 0.717) is 24.9 Å². The van der Waals surface area contributed by atoms with Crippen molar-refractivity contribution in [2.45, 2.75) is 32.3 Å². The first-order valence-corrected chi connectivity index (χ1v) is 7.43. The van der Waals surface area contributed by atoms with Gasteiger partial charge in [0.1, 0.15) is 0 Å². The predicted molar refractivity (Wildman–Crippen MR) is 87.1 cm³/mol. The first kappa shape index (κ1) is 17.7. The first-order chi connectivity index (χ1) is 10.7. The van der Waals surface area contributed by atoms with E-state index in [0.717, 1.165) is 6.42 Å². The lowest BCUT2D eigenvalue weighted by atomic mass is 10.1. The van der Waals surface area contributed by atoms with Gasteiger partial charge in [0.15, 0.2) is 0 Å². The van der Waals surface area contributed by atoms with Crippen LogP contribution in [-0.2, 0) is 14.3 Å². The minimum Gasteiger partial charge on any atom is -0.447 e. The Bertz CT molecular complexity index is 508. The van der Waals surface area contributed by atoms with Crippen molar-refractivity contribution in [3.63, 3.8) is 0 Å². The molecule has 0 aliphatic rings. The molecule has 0 aliphatic carbocycles. The number of ether oxygens (including phenoxy) is 1. The molecule has 0 aliphatic heterocycles. The summed E-state index contributed by atoms with van der Waals surface area (Å²) in [6.07, 6.45) is 6.43. The first-order valence-electron chi connectivity index (χ1n) is 7.43. The topological polar surface area (TPSA) is 55.4 Å². The normalized spacial score (nSPS) is 11.9. The van der Waals surface area contributed by atoms with Gasteiger partial charge in [-0.25, -0.2) is 0 Å². The summed E-state index contributed by atoms with van der Waals surface area (Å²) in [6.45, 7) is 5.83. The largest absolute Gasteiger partial charge is 0.447 e. The predicted octanol–water partition coefficient (Wildman–Crippen LogP) is 3.32. The number of hydrogen-bond donors (Lipinski definition) is 1. The van der Waals surface area contributed by atoms with E-state index >= 15 is 0 Å². The molecule has 0 bridgehead atoms. The van der Waals surface area contributed by atoms with E-state index in [-0.39, 0.29) is 11.9 Å². The molecule has 1 N–H and O–H groups in total. The Kier molecular flexibility index (Phi) is 8.35. The number of unbranched alkanes of at least 4 members (excludes halogenated alkanes) is 1. The van der Waals surface area contributed by atoms with Gasteiger partial charge in [-0.2, -0.15) is 0 Å². The van der Waals surface area contributed by atoms with Crippen LogP contribution in [0.2, 0.25) is 0 Å². The molecule has 118 valence electrons. The molecular weight excluding hydrogens is 278 g/mol. The highest BCUT2D eigenvalue weighted by Gasteiger charge is 2.24. The van der Waals surface area contributed by atoms with Crippen LogP contribution in [0.4, 0.5) is 0 Å². The average Bonchev–Trinajstić information content (AvgIpc) is 2.55. The van der Waals surface area contributed by atoms with Crippen LogP contribution in [0.3, 0.4) is 0 Å². The number of hydrogen-bond acceptors (Lipinski definition) is 3. The number of carbonyl (C=O) groups excluding carboxylic acids is 2. The molecule has 1 aromatic carbocycles. The van der Waals surface area contributed by atoms with Gasteiger partial charge in [-0.3, -0.25) is 9.59 Å². The zero-order chi connectivity index (χ0) is 16.2. The maximum absolute atomic E-state index is 12.2. The van der Waals surface area contributed by atoms with E-state index < -0.39 is 6.10 Å². The monoisotopic (exact) mass is 301 g/mol. The van der Waals surface area contributed by atoms with Crippen molar-refractivity contribution >= 4 is 11.9 Å². The third kappa shape index (κ3) is 6.39. The molecular formula is C18H23NO3. The smallest absolute Gasteiger partial charge is 0.306 e. The lowest BCUT2D eigenvalue weighted by Gasteiger charge is -2.17. The van der Waals surface area contributed by atoms with Gasteiger partial charge < -0.3 is 10.1 Å². The molecule has 1 aromatic rings. The molecule has 0 saturated heterocycles. The Hall–Kier alpha value is -2.36. The number of amides is 1. The van der Waals surface area contributed by atoms with Gasteiger partial charge in [0.25, 0.3) is 5.91 Å². The number of esters is 1. The fraction of sp³-hybridized carbons (Fsp3) is 0.333. The van der Waals surface area contributed by atoms with Gasteiger partial charge in [0, 0.05) is 18.5 Å². The Labute approximate surface area is 131 Å². The summed E-state index contributed by atoms with van der Waals surface area (Å²) in [5.41, 5.74) is 0.658. The van der Waals surface area contributed by atoms with E-state index in [9.17, 15) is 9.59 Å². The Morgan fingerprint density at radius 2 is 2.05 bits per heavy atom. The Morgan fingerprint density at radius 3 is 2.68 bits per heavy atom. The van der Waals surface area contributed by atoms with Crippen molar-refractivity contribution in [3.8, 4) is 0 Å². The van der Waals surface area contributed by atoms with Crippen LogP contribution in [-0.4, -0.2) is 18.4 Å². The molecule has 1 atom stereocenters. The highest BCUT2D eigenvalue weighted by atomic mass is 16.5. The second kappa shape index (κ2) is 10.4. The van der Waals surface area contributed by atoms with Crippen LogP contribution in [0, 0.1) is 0 Å². The van der Waals surface area contributed by atoms with Crippen LogP contribution in [0.25, 0.3) is 0 Å². The van der Waals surface area contributed by atoms with Crippen LogP contribution in [0.15, 0.2) is 55.1 Å². The van der Waals surface area contributed by atoms with Crippen LogP contribution in [0.5, 0.6) is 0 Å². The van der Waals surface area contributed by atoms with Crippen molar-refractivity contribution in [2.75, 3.05) is 6.54 Å². The van der Waals surface area contributed by atoms with Crippen LogP contribution >= 0.6 is 0 Å². The number of carbonyl (C=O) groups is 2. The molecule has 0 saturated carbocycles. The highest BCUT2D eigenvalue weighted by Crippen LogP contribution is 2.18. The number of benzene rings is 1. The quantitative estimate of drug-likeness (QED) is 0.432. The maximum atomic E-state index is 12.2. The second-order valence-corrected chi connectivity index (χ2v) is 4.78. The fourth-order valence-corrected chi connectivity index (χ4v) is 1.89. The third-order valence-electron chi connectivity index (χ3n) is 3.00. The summed E-state index contributed by atoms with van der Waals surface area (Å²) in [6, 6.07) is 9.00. The van der Waals surface area contributed by atoms with E-state index in [4.69, 9.17) is 4.74 Å². The van der Waals surface area contributed by atoms with Crippen LogP contribution in [0.1, 0.15) is 37.9 Å². The minimum atomic E-state index is -0.921. The van der Waals surface area contributed by atoms with E-state index in [1.165, 1.54) is 0 Å². The van der Waals surface area contributed by atoms with Crippen molar-refractivity contribution in [1.82, 2.24) is 5.32 Å². The molecule has 1 unspecified atom stereocenters. The lowest BCUT2D eigenvalue weighted by Crippen LogP contribution is -2.32. The van der Waals surface area contributed by atoms with E-state index in [2.05, 4.69) is 11.9 Å². The molecule has 0 heterocycles. The Balaban J connectivity index is 2.67. The van der Waals surface area contributed by atoms with Crippen molar-refractivity contribution in [1.29, 1.82) is 0 Å². The minimum absolute atomic E-state index is 0.294.